The van der Waals surface area contributed by atoms with Gasteiger partial charge in [0.1, 0.15) is 5.75 Å². The number of hydrogen-bond donors (Lipinski definition) is 6. The maximum absolute atomic E-state index is 10.1. The van der Waals surface area contributed by atoms with Crippen molar-refractivity contribution < 1.29 is 25.2 Å². The van der Waals surface area contributed by atoms with Gasteiger partial charge in [0.25, 0.3) is 0 Å². The van der Waals surface area contributed by atoms with E-state index in [0.717, 1.165) is 48.6 Å². The molecule has 8 rings (SSSR count). The number of halogens is 2. The van der Waals surface area contributed by atoms with E-state index in [1.807, 2.05) is 24.3 Å². The van der Waals surface area contributed by atoms with E-state index in [1.54, 1.807) is 6.07 Å². The molecule has 0 amide bonds. The van der Waals surface area contributed by atoms with E-state index in [9.17, 15) is 20.4 Å². The molecule has 0 aromatic heterocycles. The molecule has 3 heterocycles. The van der Waals surface area contributed by atoms with Crippen LogP contribution in [0.1, 0.15) is 56.3 Å². The molecule has 0 radical (unpaired) electrons. The Labute approximate surface area is 253 Å². The van der Waals surface area contributed by atoms with Crippen molar-refractivity contribution >= 4 is 34.0 Å². The third kappa shape index (κ3) is 4.41. The Balaban J connectivity index is 0.000000154. The Morgan fingerprint density at radius 1 is 0.625 bits per heavy atom. The highest BCUT2D eigenvalue weighted by Crippen LogP contribution is 2.52. The Kier molecular flexibility index (Phi) is 7.76. The molecule has 9 heteroatoms. The Bertz CT molecular complexity index is 1490. The molecule has 6 N–H and O–H groups in total. The number of nitrogens with one attached hydrogen (secondary N) is 2. The van der Waals surface area contributed by atoms with Gasteiger partial charge in [0, 0.05) is 61.1 Å². The Morgan fingerprint density at radius 3 is 1.93 bits per heavy atom. The summed E-state index contributed by atoms with van der Waals surface area (Å²) in [5.74, 6) is 1.28. The van der Waals surface area contributed by atoms with Gasteiger partial charge in [-0.25, -0.2) is 0 Å². The minimum Gasteiger partial charge on any atom is -0.504 e. The van der Waals surface area contributed by atoms with Crippen LogP contribution >= 0.6 is 34.0 Å². The van der Waals surface area contributed by atoms with E-state index in [4.69, 9.17) is 4.74 Å². The summed E-state index contributed by atoms with van der Waals surface area (Å²) in [7, 11) is 0. The van der Waals surface area contributed by atoms with Crippen molar-refractivity contribution in [2.75, 3.05) is 13.1 Å². The van der Waals surface area contributed by atoms with Crippen LogP contribution in [0.25, 0.3) is 0 Å². The molecule has 2 unspecified atom stereocenters. The molecule has 0 fully saturated rings. The van der Waals surface area contributed by atoms with Gasteiger partial charge < -0.3 is 35.8 Å². The molecule has 0 saturated carbocycles. The highest BCUT2D eigenvalue weighted by molar-refractivity contribution is 8.93. The minimum absolute atomic E-state index is 0. The lowest BCUT2D eigenvalue weighted by atomic mass is 9.74. The van der Waals surface area contributed by atoms with Crippen molar-refractivity contribution in [1.82, 2.24) is 10.6 Å². The average Bonchev–Trinajstić information content (AvgIpc) is 2.94. The van der Waals surface area contributed by atoms with Crippen molar-refractivity contribution in [1.29, 1.82) is 0 Å². The van der Waals surface area contributed by atoms with Gasteiger partial charge in [-0.05, 0) is 46.0 Å². The van der Waals surface area contributed by atoms with Crippen LogP contribution in [0.15, 0.2) is 60.7 Å². The largest absolute Gasteiger partial charge is 0.504 e. The molecule has 1 aliphatic carbocycles. The number of benzene rings is 4. The molecule has 2 atom stereocenters. The van der Waals surface area contributed by atoms with Crippen LogP contribution in [0.2, 0.25) is 0 Å². The summed E-state index contributed by atoms with van der Waals surface area (Å²) < 4.78 is 5.80. The van der Waals surface area contributed by atoms with Crippen molar-refractivity contribution in [2.45, 2.75) is 31.3 Å². The summed E-state index contributed by atoms with van der Waals surface area (Å²) in [5.41, 5.74) is 9.40. The predicted molar refractivity (Wildman–Crippen MR) is 163 cm³/mol. The summed E-state index contributed by atoms with van der Waals surface area (Å²) >= 11 is 0. The Morgan fingerprint density at radius 2 is 1.20 bits per heavy atom. The fourth-order valence-corrected chi connectivity index (χ4v) is 6.50. The molecule has 4 aliphatic rings. The zero-order valence-electron chi connectivity index (χ0n) is 21.5. The van der Waals surface area contributed by atoms with Crippen molar-refractivity contribution in [2.24, 2.45) is 0 Å². The van der Waals surface area contributed by atoms with Crippen LogP contribution in [0.4, 0.5) is 0 Å². The summed E-state index contributed by atoms with van der Waals surface area (Å²) in [4.78, 5) is 0. The monoisotopic (exact) mass is 668 g/mol. The molecule has 0 bridgehead atoms. The number of aromatic hydroxyl groups is 4. The molecule has 208 valence electrons. The van der Waals surface area contributed by atoms with Crippen LogP contribution < -0.4 is 15.4 Å². The molecule has 40 heavy (non-hydrogen) atoms. The van der Waals surface area contributed by atoms with Crippen LogP contribution in [0.3, 0.4) is 0 Å². The van der Waals surface area contributed by atoms with Crippen molar-refractivity contribution in [3.63, 3.8) is 0 Å². The molecule has 7 nitrogen and oxygen atoms in total. The van der Waals surface area contributed by atoms with E-state index in [1.165, 1.54) is 33.9 Å². The topological polar surface area (TPSA) is 114 Å². The van der Waals surface area contributed by atoms with Crippen LogP contribution in [0, 0.1) is 0 Å². The van der Waals surface area contributed by atoms with E-state index < -0.39 is 0 Å². The number of rotatable bonds is 0. The summed E-state index contributed by atoms with van der Waals surface area (Å²) in [5, 5.41) is 46.2. The predicted octanol–water partition coefficient (Wildman–Crippen LogP) is 5.83. The summed E-state index contributed by atoms with van der Waals surface area (Å²) in [6.07, 6.45) is 0.704. The second-order valence-corrected chi connectivity index (χ2v) is 10.3. The first-order valence-corrected chi connectivity index (χ1v) is 12.9. The standard InChI is InChI=1S/C16H15NO2.C15H13NO3.2BrH/c18-14-5-4-11-12(16(14)19)6-9-2-1-3-10-7-17-8-13(11)15(9)10;17-11-5-4-9-10-7-16-6-8-2-1-3-12(13(8)10)19-15(9)14(11)18;;/h1-5,13,17-19H,6-8H2;1-5,10,16-18H,6-7H2;2*1H. The van der Waals surface area contributed by atoms with Crippen LogP contribution in [-0.2, 0) is 19.5 Å². The van der Waals surface area contributed by atoms with Gasteiger partial charge >= 0.3 is 0 Å². The van der Waals surface area contributed by atoms with Gasteiger partial charge in [0.15, 0.2) is 23.0 Å². The first kappa shape index (κ1) is 28.3. The normalized spacial score (nSPS) is 18.5. The quantitative estimate of drug-likeness (QED) is 0.131. The third-order valence-electron chi connectivity index (χ3n) is 8.24. The van der Waals surface area contributed by atoms with E-state index in [2.05, 4.69) is 34.9 Å². The number of ether oxygens (including phenoxy) is 1. The maximum atomic E-state index is 10.1. The average molecular weight is 670 g/mol. The van der Waals surface area contributed by atoms with Gasteiger partial charge in [-0.2, -0.15) is 0 Å². The van der Waals surface area contributed by atoms with Crippen LogP contribution in [-0.4, -0.2) is 33.5 Å². The molecular weight excluding hydrogens is 640 g/mol. The fourth-order valence-electron chi connectivity index (χ4n) is 6.50. The van der Waals surface area contributed by atoms with Gasteiger partial charge in [-0.1, -0.05) is 42.5 Å². The smallest absolute Gasteiger partial charge is 0.201 e. The van der Waals surface area contributed by atoms with E-state index >= 15 is 0 Å². The van der Waals surface area contributed by atoms with E-state index in [-0.39, 0.29) is 68.8 Å². The zero-order valence-corrected chi connectivity index (χ0v) is 24.9. The zero-order chi connectivity index (χ0) is 26.0. The summed E-state index contributed by atoms with van der Waals surface area (Å²) in [6.45, 7) is 3.45. The van der Waals surface area contributed by atoms with Gasteiger partial charge in [-0.3, -0.25) is 0 Å². The van der Waals surface area contributed by atoms with Gasteiger partial charge in [-0.15, -0.1) is 34.0 Å². The first-order valence-electron chi connectivity index (χ1n) is 12.9. The number of phenols is 4. The van der Waals surface area contributed by atoms with Crippen LogP contribution in [0.5, 0.6) is 34.5 Å². The summed E-state index contributed by atoms with van der Waals surface area (Å²) in [6, 6.07) is 19.2. The number of fused-ring (bicyclic) bond motifs is 4. The number of hydrogen-bond acceptors (Lipinski definition) is 7. The van der Waals surface area contributed by atoms with E-state index in [0.29, 0.717) is 12.2 Å². The molecular formula is C31H30Br2N2O5. The lowest BCUT2D eigenvalue weighted by molar-refractivity contribution is 0.357. The second-order valence-electron chi connectivity index (χ2n) is 10.3. The lowest BCUT2D eigenvalue weighted by Gasteiger charge is -2.34. The van der Waals surface area contributed by atoms with Gasteiger partial charge in [0.2, 0.25) is 5.75 Å². The Hall–Kier alpha value is -3.24. The molecule has 3 aliphatic heterocycles. The fraction of sp³-hybridized carbons (Fsp3) is 0.226. The molecule has 0 spiro atoms. The number of phenolic OH excluding ortho intramolecular Hbond substituents is 4. The third-order valence-corrected chi connectivity index (χ3v) is 8.24. The highest BCUT2D eigenvalue weighted by atomic mass is 79.9. The van der Waals surface area contributed by atoms with Gasteiger partial charge in [0.05, 0.1) is 0 Å². The lowest BCUT2D eigenvalue weighted by Crippen LogP contribution is -2.32. The minimum atomic E-state index is -0.181. The SMILES string of the molecule is Br.Br.Oc1ccc2c(c1O)Cc1cccc3c1C2CNC3.Oc1ccc2c(c1O)Oc1cccc3c1C2CNC3. The molecule has 4 aromatic carbocycles. The first-order chi connectivity index (χ1) is 18.5. The molecule has 0 saturated heterocycles. The maximum Gasteiger partial charge on any atom is 0.201 e. The molecule has 4 aromatic rings. The van der Waals surface area contributed by atoms with Crippen molar-refractivity contribution in [3.05, 3.63) is 105 Å². The highest BCUT2D eigenvalue weighted by Gasteiger charge is 2.34. The van der Waals surface area contributed by atoms with Crippen molar-refractivity contribution in [3.8, 4) is 34.5 Å². The second kappa shape index (κ2) is 11.0.